The van der Waals surface area contributed by atoms with Crippen molar-refractivity contribution in [3.05, 3.63) is 0 Å². The molecule has 2 rings (SSSR count). The SMILES string of the molecule is CC1CCCCCC1N1CCNCC(C(F)(F)F)C1. The molecule has 1 aliphatic heterocycles. The summed E-state index contributed by atoms with van der Waals surface area (Å²) in [6, 6.07) is 0.340. The van der Waals surface area contributed by atoms with Crippen molar-refractivity contribution in [2.24, 2.45) is 11.8 Å². The van der Waals surface area contributed by atoms with Crippen LogP contribution in [0.4, 0.5) is 13.2 Å². The Hall–Kier alpha value is -0.290. The quantitative estimate of drug-likeness (QED) is 0.742. The Balaban J connectivity index is 2.04. The van der Waals surface area contributed by atoms with Crippen LogP contribution in [-0.4, -0.2) is 43.3 Å². The van der Waals surface area contributed by atoms with Crippen LogP contribution >= 0.6 is 0 Å². The lowest BCUT2D eigenvalue weighted by molar-refractivity contribution is -0.177. The fourth-order valence-electron chi connectivity index (χ4n) is 3.47. The first-order valence-electron chi connectivity index (χ1n) is 7.50. The number of hydrogen-bond acceptors (Lipinski definition) is 2. The fraction of sp³-hybridized carbons (Fsp3) is 1.00. The Labute approximate surface area is 113 Å². The van der Waals surface area contributed by atoms with Crippen LogP contribution in [0.2, 0.25) is 0 Å². The van der Waals surface area contributed by atoms with Gasteiger partial charge in [-0.05, 0) is 18.8 Å². The summed E-state index contributed by atoms with van der Waals surface area (Å²) in [5, 5.41) is 2.94. The minimum atomic E-state index is -4.08. The van der Waals surface area contributed by atoms with Crippen LogP contribution < -0.4 is 5.32 Å². The van der Waals surface area contributed by atoms with E-state index in [0.29, 0.717) is 18.5 Å². The van der Waals surface area contributed by atoms with Gasteiger partial charge in [0.25, 0.3) is 0 Å². The molecule has 3 atom stereocenters. The van der Waals surface area contributed by atoms with Crippen molar-refractivity contribution >= 4 is 0 Å². The van der Waals surface area contributed by atoms with Crippen molar-refractivity contribution in [2.45, 2.75) is 51.2 Å². The van der Waals surface area contributed by atoms with E-state index in [1.54, 1.807) is 0 Å². The van der Waals surface area contributed by atoms with E-state index in [4.69, 9.17) is 0 Å². The van der Waals surface area contributed by atoms with Crippen molar-refractivity contribution < 1.29 is 13.2 Å². The van der Waals surface area contributed by atoms with Crippen LogP contribution in [0.1, 0.15) is 39.0 Å². The first-order chi connectivity index (χ1) is 8.98. The molecular weight excluding hydrogens is 253 g/mol. The smallest absolute Gasteiger partial charge is 0.315 e. The van der Waals surface area contributed by atoms with Crippen molar-refractivity contribution in [3.8, 4) is 0 Å². The van der Waals surface area contributed by atoms with Crippen molar-refractivity contribution in [1.29, 1.82) is 0 Å². The molecule has 1 heterocycles. The highest BCUT2D eigenvalue weighted by atomic mass is 19.4. The maximum Gasteiger partial charge on any atom is 0.394 e. The first kappa shape index (κ1) is 15.1. The molecule has 2 aliphatic rings. The molecule has 2 fully saturated rings. The third-order valence-corrected chi connectivity index (χ3v) is 4.67. The molecule has 3 unspecified atom stereocenters. The number of hydrogen-bond donors (Lipinski definition) is 1. The molecule has 1 aliphatic carbocycles. The number of nitrogens with zero attached hydrogens (tertiary/aromatic N) is 1. The molecule has 5 heteroatoms. The molecule has 0 aromatic heterocycles. The van der Waals surface area contributed by atoms with E-state index in [9.17, 15) is 13.2 Å². The lowest BCUT2D eigenvalue weighted by Gasteiger charge is -2.35. The van der Waals surface area contributed by atoms with Gasteiger partial charge in [-0.1, -0.05) is 26.2 Å². The van der Waals surface area contributed by atoms with Crippen molar-refractivity contribution in [2.75, 3.05) is 26.2 Å². The molecule has 112 valence electrons. The summed E-state index contributed by atoms with van der Waals surface area (Å²) in [6.45, 7) is 3.88. The number of rotatable bonds is 1. The molecule has 0 amide bonds. The number of alkyl halides is 3. The Morgan fingerprint density at radius 1 is 1.11 bits per heavy atom. The van der Waals surface area contributed by atoms with E-state index in [2.05, 4.69) is 17.1 Å². The van der Waals surface area contributed by atoms with Crippen LogP contribution in [0.3, 0.4) is 0 Å². The van der Waals surface area contributed by atoms with E-state index in [1.807, 2.05) is 0 Å². The van der Waals surface area contributed by atoms with Gasteiger partial charge in [0.2, 0.25) is 0 Å². The summed E-state index contributed by atoms with van der Waals surface area (Å²) in [5.74, 6) is -0.695. The topological polar surface area (TPSA) is 15.3 Å². The van der Waals surface area contributed by atoms with Gasteiger partial charge in [-0.2, -0.15) is 13.2 Å². The molecule has 1 N–H and O–H groups in total. The zero-order chi connectivity index (χ0) is 13.9. The summed E-state index contributed by atoms with van der Waals surface area (Å²) in [7, 11) is 0. The molecule has 19 heavy (non-hydrogen) atoms. The molecule has 0 spiro atoms. The highest BCUT2D eigenvalue weighted by molar-refractivity contribution is 4.86. The molecule has 2 nitrogen and oxygen atoms in total. The maximum atomic E-state index is 13.0. The second-order valence-electron chi connectivity index (χ2n) is 6.12. The summed E-state index contributed by atoms with van der Waals surface area (Å²) in [6.07, 6.45) is 1.76. The Morgan fingerprint density at radius 2 is 1.84 bits per heavy atom. The summed E-state index contributed by atoms with van der Waals surface area (Å²) < 4.78 is 38.9. The first-order valence-corrected chi connectivity index (χ1v) is 7.50. The van der Waals surface area contributed by atoms with E-state index >= 15 is 0 Å². The Bertz CT molecular complexity index is 280. The summed E-state index contributed by atoms with van der Waals surface area (Å²) >= 11 is 0. The highest BCUT2D eigenvalue weighted by Crippen LogP contribution is 2.32. The molecule has 0 aromatic rings. The van der Waals surface area contributed by atoms with Crippen LogP contribution in [0.25, 0.3) is 0 Å². The average molecular weight is 278 g/mol. The molecule has 0 aromatic carbocycles. The van der Waals surface area contributed by atoms with Gasteiger partial charge in [-0.3, -0.25) is 4.90 Å². The van der Waals surface area contributed by atoms with Gasteiger partial charge in [0.15, 0.2) is 0 Å². The van der Waals surface area contributed by atoms with E-state index in [-0.39, 0.29) is 13.1 Å². The van der Waals surface area contributed by atoms with Crippen molar-refractivity contribution in [1.82, 2.24) is 10.2 Å². The van der Waals surface area contributed by atoms with Gasteiger partial charge in [0.05, 0.1) is 5.92 Å². The predicted molar refractivity (Wildman–Crippen MR) is 70.0 cm³/mol. The van der Waals surface area contributed by atoms with E-state index < -0.39 is 12.1 Å². The van der Waals surface area contributed by atoms with E-state index in [1.165, 1.54) is 12.8 Å². The third kappa shape index (κ3) is 4.09. The van der Waals surface area contributed by atoms with Gasteiger partial charge >= 0.3 is 6.18 Å². The fourth-order valence-corrected chi connectivity index (χ4v) is 3.47. The zero-order valence-electron chi connectivity index (χ0n) is 11.7. The van der Waals surface area contributed by atoms with Crippen LogP contribution in [0, 0.1) is 11.8 Å². The Kier molecular flexibility index (Phi) is 5.12. The van der Waals surface area contributed by atoms with Gasteiger partial charge < -0.3 is 5.32 Å². The minimum absolute atomic E-state index is 0.0705. The lowest BCUT2D eigenvalue weighted by Crippen LogP contribution is -2.45. The standard InChI is InChI=1S/C14H25F3N2/c1-11-5-3-2-4-6-13(11)19-8-7-18-9-12(10-19)14(15,16)17/h11-13,18H,2-10H2,1H3. The molecular formula is C14H25F3N2. The maximum absolute atomic E-state index is 13.0. The zero-order valence-corrected chi connectivity index (χ0v) is 11.7. The molecule has 0 radical (unpaired) electrons. The average Bonchev–Trinajstić information content (AvgIpc) is 2.68. The Morgan fingerprint density at radius 3 is 2.58 bits per heavy atom. The highest BCUT2D eigenvalue weighted by Gasteiger charge is 2.42. The van der Waals surface area contributed by atoms with Gasteiger partial charge in [-0.15, -0.1) is 0 Å². The third-order valence-electron chi connectivity index (χ3n) is 4.67. The summed E-state index contributed by atoms with van der Waals surface area (Å²) in [4.78, 5) is 2.11. The largest absolute Gasteiger partial charge is 0.394 e. The van der Waals surface area contributed by atoms with Gasteiger partial charge in [0.1, 0.15) is 0 Å². The van der Waals surface area contributed by atoms with Crippen LogP contribution in [0.5, 0.6) is 0 Å². The lowest BCUT2D eigenvalue weighted by atomic mass is 9.94. The molecule has 0 bridgehead atoms. The molecule has 1 saturated heterocycles. The monoisotopic (exact) mass is 278 g/mol. The number of halogens is 3. The number of nitrogens with one attached hydrogen (secondary N) is 1. The second-order valence-corrected chi connectivity index (χ2v) is 6.12. The second kappa shape index (κ2) is 6.44. The van der Waals surface area contributed by atoms with Crippen molar-refractivity contribution in [3.63, 3.8) is 0 Å². The van der Waals surface area contributed by atoms with Gasteiger partial charge in [-0.25, -0.2) is 0 Å². The normalized spacial score (nSPS) is 35.7. The van der Waals surface area contributed by atoms with Crippen LogP contribution in [-0.2, 0) is 0 Å². The minimum Gasteiger partial charge on any atom is -0.315 e. The van der Waals surface area contributed by atoms with Gasteiger partial charge in [0, 0.05) is 32.2 Å². The molecule has 1 saturated carbocycles. The van der Waals surface area contributed by atoms with E-state index in [0.717, 1.165) is 25.8 Å². The summed E-state index contributed by atoms with van der Waals surface area (Å²) in [5.41, 5.74) is 0. The van der Waals surface area contributed by atoms with Crippen LogP contribution in [0.15, 0.2) is 0 Å². The predicted octanol–water partition coefficient (Wildman–Crippen LogP) is 3.04.